The van der Waals surface area contributed by atoms with Crippen LogP contribution in [0, 0.1) is 5.92 Å². The fourth-order valence-electron chi connectivity index (χ4n) is 4.32. The number of hydrogen-bond acceptors (Lipinski definition) is 4. The molecular weight excluding hydrogens is 511 g/mol. The van der Waals surface area contributed by atoms with Crippen molar-refractivity contribution in [2.45, 2.75) is 31.4 Å². The number of benzene rings is 3. The number of urea groups is 1. The minimum atomic E-state index is -5.80. The van der Waals surface area contributed by atoms with Gasteiger partial charge in [-0.05, 0) is 55.5 Å². The van der Waals surface area contributed by atoms with E-state index < -0.39 is 23.7 Å². The Hall–Kier alpha value is -3.60. The molecule has 1 fully saturated rings. The number of rotatable bonds is 8. The molecule has 0 bridgehead atoms. The highest BCUT2D eigenvalue weighted by molar-refractivity contribution is 6.08. The van der Waals surface area contributed by atoms with Crippen LogP contribution in [-0.2, 0) is 10.7 Å². The summed E-state index contributed by atoms with van der Waals surface area (Å²) >= 11 is 0. The minimum Gasteiger partial charge on any atom is -0.495 e. The molecule has 1 atom stereocenters. The zero-order valence-electron chi connectivity index (χ0n) is 20.5. The third-order valence-electron chi connectivity index (χ3n) is 6.34. The van der Waals surface area contributed by atoms with Gasteiger partial charge in [-0.2, -0.15) is 22.0 Å². The molecule has 4 rings (SSSR count). The van der Waals surface area contributed by atoms with E-state index in [1.54, 1.807) is 24.3 Å². The van der Waals surface area contributed by atoms with Gasteiger partial charge in [0.15, 0.2) is 0 Å². The molecule has 6 nitrogen and oxygen atoms in total. The maximum Gasteiger partial charge on any atom is 0.458 e. The first-order valence-corrected chi connectivity index (χ1v) is 12.0. The number of methoxy groups -OCH3 is 1. The Morgan fingerprint density at radius 3 is 2.37 bits per heavy atom. The molecule has 1 unspecified atom stereocenters. The van der Waals surface area contributed by atoms with E-state index >= 15 is 0 Å². The van der Waals surface area contributed by atoms with Crippen LogP contribution in [0.2, 0.25) is 0 Å². The molecule has 2 N–H and O–H groups in total. The SMILES string of the molecule is COc1ccc(C(F)(F)C(F)(F)F)cc1NC(=O)Nc1ccc(OCCC2CCCOC2)c2ccccc12. The smallest absolute Gasteiger partial charge is 0.458 e. The number of amides is 2. The zero-order chi connectivity index (χ0) is 27.3. The maximum absolute atomic E-state index is 13.9. The van der Waals surface area contributed by atoms with Gasteiger partial charge in [0.05, 0.1) is 25.1 Å². The number of carbonyl (C=O) groups excluding carboxylic acids is 1. The molecule has 1 heterocycles. The summed E-state index contributed by atoms with van der Waals surface area (Å²) in [5, 5.41) is 6.33. The Bertz CT molecular complexity index is 1280. The van der Waals surface area contributed by atoms with Crippen LogP contribution in [0.25, 0.3) is 10.8 Å². The molecule has 1 saturated heterocycles. The summed E-state index contributed by atoms with van der Waals surface area (Å²) < 4.78 is 82.8. The summed E-state index contributed by atoms with van der Waals surface area (Å²) in [6.07, 6.45) is -2.81. The van der Waals surface area contributed by atoms with Gasteiger partial charge < -0.3 is 24.8 Å². The first kappa shape index (κ1) is 27.4. The molecule has 2 amide bonds. The number of carbonyl (C=O) groups is 1. The Morgan fingerprint density at radius 1 is 0.974 bits per heavy atom. The topological polar surface area (TPSA) is 68.8 Å². The van der Waals surface area contributed by atoms with Crippen LogP contribution in [-0.4, -0.2) is 39.1 Å². The van der Waals surface area contributed by atoms with Crippen LogP contribution < -0.4 is 20.1 Å². The van der Waals surface area contributed by atoms with E-state index in [-0.39, 0.29) is 11.4 Å². The van der Waals surface area contributed by atoms with Crippen LogP contribution in [0.4, 0.5) is 38.1 Å². The Labute approximate surface area is 216 Å². The third kappa shape index (κ3) is 6.09. The van der Waals surface area contributed by atoms with Crippen molar-refractivity contribution in [3.63, 3.8) is 0 Å². The highest BCUT2D eigenvalue weighted by atomic mass is 19.4. The summed E-state index contributed by atoms with van der Waals surface area (Å²) in [5.74, 6) is -4.11. The number of nitrogens with one attached hydrogen (secondary N) is 2. The van der Waals surface area contributed by atoms with Crippen LogP contribution in [0.5, 0.6) is 11.5 Å². The molecule has 0 spiro atoms. The third-order valence-corrected chi connectivity index (χ3v) is 6.34. The Balaban J connectivity index is 1.50. The van der Waals surface area contributed by atoms with Gasteiger partial charge in [-0.3, -0.25) is 0 Å². The summed E-state index contributed by atoms with van der Waals surface area (Å²) in [4.78, 5) is 12.8. The lowest BCUT2D eigenvalue weighted by atomic mass is 9.99. The largest absolute Gasteiger partial charge is 0.495 e. The van der Waals surface area contributed by atoms with Gasteiger partial charge in [-0.1, -0.05) is 24.3 Å². The predicted molar refractivity (Wildman–Crippen MR) is 133 cm³/mol. The van der Waals surface area contributed by atoms with Crippen molar-refractivity contribution in [3.8, 4) is 11.5 Å². The number of halogens is 5. The number of anilines is 2. The lowest BCUT2D eigenvalue weighted by molar-refractivity contribution is -0.289. The van der Waals surface area contributed by atoms with Gasteiger partial charge in [-0.25, -0.2) is 4.79 Å². The minimum absolute atomic E-state index is 0.0844. The Kier molecular flexibility index (Phi) is 8.25. The number of ether oxygens (including phenoxy) is 3. The number of fused-ring (bicyclic) bond motifs is 1. The van der Waals surface area contributed by atoms with E-state index in [0.29, 0.717) is 41.5 Å². The van der Waals surface area contributed by atoms with E-state index in [9.17, 15) is 26.7 Å². The molecule has 0 saturated carbocycles. The average molecular weight is 539 g/mol. The second-order valence-electron chi connectivity index (χ2n) is 8.94. The highest BCUT2D eigenvalue weighted by Crippen LogP contribution is 2.45. The van der Waals surface area contributed by atoms with Crippen molar-refractivity contribution in [3.05, 3.63) is 60.2 Å². The molecule has 204 valence electrons. The standard InChI is InChI=1S/C27H27F5N2O4/c1-36-24-10-8-18(26(28,29)27(30,31)32)15-22(24)34-25(35)33-21-9-11-23(20-7-3-2-6-19(20)21)38-14-12-17-5-4-13-37-16-17/h2-3,6-11,15,17H,4-5,12-14,16H2,1H3,(H2,33,34,35). The normalized spacial score (nSPS) is 16.2. The van der Waals surface area contributed by atoms with Crippen LogP contribution in [0.15, 0.2) is 54.6 Å². The van der Waals surface area contributed by atoms with Gasteiger partial charge in [0.1, 0.15) is 11.5 Å². The molecular formula is C27H27F5N2O4. The quantitative estimate of drug-likeness (QED) is 0.295. The Morgan fingerprint density at radius 2 is 1.68 bits per heavy atom. The van der Waals surface area contributed by atoms with Crippen LogP contribution >= 0.6 is 0 Å². The van der Waals surface area contributed by atoms with E-state index in [1.807, 2.05) is 12.1 Å². The molecule has 38 heavy (non-hydrogen) atoms. The molecule has 11 heteroatoms. The fourth-order valence-corrected chi connectivity index (χ4v) is 4.32. The summed E-state index contributed by atoms with van der Waals surface area (Å²) in [6, 6.07) is 11.8. The van der Waals surface area contributed by atoms with Gasteiger partial charge in [0.25, 0.3) is 0 Å². The molecule has 0 aromatic heterocycles. The van der Waals surface area contributed by atoms with E-state index in [2.05, 4.69) is 10.6 Å². The second-order valence-corrected chi connectivity index (χ2v) is 8.94. The van der Waals surface area contributed by atoms with Gasteiger partial charge in [-0.15, -0.1) is 0 Å². The number of alkyl halides is 5. The average Bonchev–Trinajstić information content (AvgIpc) is 2.89. The van der Waals surface area contributed by atoms with Crippen molar-refractivity contribution in [1.82, 2.24) is 0 Å². The van der Waals surface area contributed by atoms with E-state index in [0.717, 1.165) is 43.9 Å². The number of hydrogen-bond donors (Lipinski definition) is 2. The maximum atomic E-state index is 13.9. The first-order valence-electron chi connectivity index (χ1n) is 12.0. The van der Waals surface area contributed by atoms with Crippen molar-refractivity contribution < 1.29 is 41.0 Å². The summed E-state index contributed by atoms with van der Waals surface area (Å²) in [6.45, 7) is 2.02. The molecule has 1 aliphatic heterocycles. The van der Waals surface area contributed by atoms with Crippen molar-refractivity contribution in [2.75, 3.05) is 37.6 Å². The van der Waals surface area contributed by atoms with Crippen molar-refractivity contribution in [1.29, 1.82) is 0 Å². The monoisotopic (exact) mass is 538 g/mol. The molecule has 0 aliphatic carbocycles. The summed E-state index contributed by atoms with van der Waals surface area (Å²) in [5.41, 5.74) is -1.28. The van der Waals surface area contributed by atoms with Gasteiger partial charge in [0.2, 0.25) is 0 Å². The van der Waals surface area contributed by atoms with Gasteiger partial charge in [0, 0.05) is 29.5 Å². The zero-order valence-corrected chi connectivity index (χ0v) is 20.5. The van der Waals surface area contributed by atoms with Crippen molar-refractivity contribution in [2.24, 2.45) is 5.92 Å². The lowest BCUT2D eigenvalue weighted by Crippen LogP contribution is -2.33. The van der Waals surface area contributed by atoms with Crippen molar-refractivity contribution >= 4 is 28.2 Å². The summed E-state index contributed by atoms with van der Waals surface area (Å²) in [7, 11) is 1.20. The first-order chi connectivity index (χ1) is 18.1. The van der Waals surface area contributed by atoms with Gasteiger partial charge >= 0.3 is 18.1 Å². The van der Waals surface area contributed by atoms with E-state index in [1.165, 1.54) is 7.11 Å². The highest BCUT2D eigenvalue weighted by Gasteiger charge is 2.58. The molecule has 1 aliphatic rings. The predicted octanol–water partition coefficient (Wildman–Crippen LogP) is 7.34. The molecule has 3 aromatic rings. The van der Waals surface area contributed by atoms with E-state index in [4.69, 9.17) is 14.2 Å². The molecule has 0 radical (unpaired) electrons. The van der Waals surface area contributed by atoms with Crippen LogP contribution in [0.3, 0.4) is 0 Å². The molecule has 3 aromatic carbocycles. The van der Waals surface area contributed by atoms with Crippen LogP contribution in [0.1, 0.15) is 24.8 Å². The second kappa shape index (κ2) is 11.4. The lowest BCUT2D eigenvalue weighted by Gasteiger charge is -2.22. The fraction of sp³-hybridized carbons (Fsp3) is 0.370.